The Morgan fingerprint density at radius 1 is 1.32 bits per heavy atom. The average molecular weight is 307 g/mol. The Labute approximate surface area is 131 Å². The van der Waals surface area contributed by atoms with Gasteiger partial charge in [-0.05, 0) is 45.4 Å². The van der Waals surface area contributed by atoms with Crippen LogP contribution in [0.1, 0.15) is 51.9 Å². The normalized spacial score (nSPS) is 25.0. The Morgan fingerprint density at radius 2 is 2.00 bits per heavy atom. The van der Waals surface area contributed by atoms with Gasteiger partial charge in [-0.25, -0.2) is 4.79 Å². The lowest BCUT2D eigenvalue weighted by atomic mass is 9.81. The summed E-state index contributed by atoms with van der Waals surface area (Å²) < 4.78 is 10.8. The quantitative estimate of drug-likeness (QED) is 0.749. The predicted molar refractivity (Wildman–Crippen MR) is 80.9 cm³/mol. The monoisotopic (exact) mass is 307 g/mol. The number of nitrogens with zero attached hydrogens (tertiary/aromatic N) is 1. The molecule has 1 saturated heterocycles. The number of rotatable bonds is 3. The second-order valence-corrected chi connectivity index (χ2v) is 6.52. The van der Waals surface area contributed by atoms with E-state index in [1.54, 1.807) is 6.08 Å². The Bertz CT molecular complexity index is 471. The van der Waals surface area contributed by atoms with Crippen LogP contribution in [0, 0.1) is 5.92 Å². The minimum Gasteiger partial charge on any atom is -0.466 e. The third kappa shape index (κ3) is 2.85. The SMILES string of the molecule is CCOC(=O)C1CCN(C2=CC(=O)OC23CCCCC3)CC1. The molecule has 2 heterocycles. The molecule has 5 heteroatoms. The molecule has 0 aromatic heterocycles. The fourth-order valence-electron chi connectivity index (χ4n) is 3.99. The molecule has 0 unspecified atom stereocenters. The summed E-state index contributed by atoms with van der Waals surface area (Å²) in [6, 6.07) is 0. The highest BCUT2D eigenvalue weighted by Gasteiger charge is 2.46. The van der Waals surface area contributed by atoms with Crippen LogP contribution in [0.3, 0.4) is 0 Å². The molecule has 0 N–H and O–H groups in total. The molecular weight excluding hydrogens is 282 g/mol. The first kappa shape index (κ1) is 15.4. The summed E-state index contributed by atoms with van der Waals surface area (Å²) in [5.74, 6) is -0.288. The van der Waals surface area contributed by atoms with Gasteiger partial charge in [-0.3, -0.25) is 4.79 Å². The van der Waals surface area contributed by atoms with E-state index in [0.717, 1.165) is 57.3 Å². The number of hydrogen-bond acceptors (Lipinski definition) is 5. The molecular formula is C17H25NO4. The van der Waals surface area contributed by atoms with Crippen molar-refractivity contribution in [2.45, 2.75) is 57.5 Å². The van der Waals surface area contributed by atoms with Gasteiger partial charge < -0.3 is 14.4 Å². The van der Waals surface area contributed by atoms with Gasteiger partial charge in [0.15, 0.2) is 5.60 Å². The Balaban J connectivity index is 1.66. The van der Waals surface area contributed by atoms with Crippen LogP contribution < -0.4 is 0 Å². The zero-order valence-corrected chi connectivity index (χ0v) is 13.3. The molecule has 3 rings (SSSR count). The van der Waals surface area contributed by atoms with Crippen LogP contribution in [0.4, 0.5) is 0 Å². The van der Waals surface area contributed by atoms with Crippen LogP contribution in [0.25, 0.3) is 0 Å². The Hall–Kier alpha value is -1.52. The second kappa shape index (κ2) is 6.31. The third-order valence-corrected chi connectivity index (χ3v) is 5.13. The van der Waals surface area contributed by atoms with Gasteiger partial charge in [0.25, 0.3) is 0 Å². The maximum absolute atomic E-state index is 11.8. The minimum absolute atomic E-state index is 0.00266. The van der Waals surface area contributed by atoms with Crippen LogP contribution in [0.15, 0.2) is 11.8 Å². The van der Waals surface area contributed by atoms with Crippen molar-refractivity contribution in [2.24, 2.45) is 5.92 Å². The first-order valence-corrected chi connectivity index (χ1v) is 8.51. The van der Waals surface area contributed by atoms with Gasteiger partial charge in [0.05, 0.1) is 18.2 Å². The van der Waals surface area contributed by atoms with Crippen molar-refractivity contribution in [3.63, 3.8) is 0 Å². The maximum Gasteiger partial charge on any atom is 0.333 e. The fraction of sp³-hybridized carbons (Fsp3) is 0.765. The smallest absolute Gasteiger partial charge is 0.333 e. The maximum atomic E-state index is 11.8. The van der Waals surface area contributed by atoms with Gasteiger partial charge >= 0.3 is 11.9 Å². The molecule has 2 aliphatic heterocycles. The number of esters is 2. The molecule has 3 aliphatic rings. The van der Waals surface area contributed by atoms with Crippen molar-refractivity contribution in [1.29, 1.82) is 0 Å². The molecule has 1 saturated carbocycles. The zero-order valence-electron chi connectivity index (χ0n) is 13.3. The van der Waals surface area contributed by atoms with Crippen molar-refractivity contribution in [3.05, 3.63) is 11.8 Å². The first-order chi connectivity index (χ1) is 10.6. The molecule has 0 amide bonds. The predicted octanol–water partition coefficient (Wildman–Crippen LogP) is 2.41. The van der Waals surface area contributed by atoms with Gasteiger partial charge in [0.2, 0.25) is 0 Å². The molecule has 5 nitrogen and oxygen atoms in total. The summed E-state index contributed by atoms with van der Waals surface area (Å²) in [4.78, 5) is 25.9. The van der Waals surface area contributed by atoms with E-state index in [4.69, 9.17) is 9.47 Å². The van der Waals surface area contributed by atoms with E-state index in [2.05, 4.69) is 4.90 Å². The zero-order chi connectivity index (χ0) is 15.6. The van der Waals surface area contributed by atoms with Crippen LogP contribution in [0.5, 0.6) is 0 Å². The van der Waals surface area contributed by atoms with E-state index in [1.165, 1.54) is 6.42 Å². The van der Waals surface area contributed by atoms with E-state index >= 15 is 0 Å². The molecule has 1 aliphatic carbocycles. The van der Waals surface area contributed by atoms with Gasteiger partial charge in [-0.1, -0.05) is 6.42 Å². The number of hydrogen-bond donors (Lipinski definition) is 0. The standard InChI is InChI=1S/C17H25NO4/c1-2-21-16(20)13-6-10-18(11-7-13)14-12-15(19)22-17(14)8-4-3-5-9-17/h12-13H,2-11H2,1H3. The molecule has 1 spiro atoms. The van der Waals surface area contributed by atoms with Crippen molar-refractivity contribution in [2.75, 3.05) is 19.7 Å². The average Bonchev–Trinajstić information content (AvgIpc) is 2.84. The highest BCUT2D eigenvalue weighted by atomic mass is 16.6. The fourth-order valence-corrected chi connectivity index (χ4v) is 3.99. The molecule has 122 valence electrons. The third-order valence-electron chi connectivity index (χ3n) is 5.13. The second-order valence-electron chi connectivity index (χ2n) is 6.52. The van der Waals surface area contributed by atoms with Crippen LogP contribution in [0.2, 0.25) is 0 Å². The van der Waals surface area contributed by atoms with E-state index in [9.17, 15) is 9.59 Å². The van der Waals surface area contributed by atoms with E-state index in [0.29, 0.717) is 6.61 Å². The summed E-state index contributed by atoms with van der Waals surface area (Å²) in [5, 5.41) is 0. The molecule has 0 radical (unpaired) electrons. The van der Waals surface area contributed by atoms with Crippen molar-refractivity contribution >= 4 is 11.9 Å². The van der Waals surface area contributed by atoms with Crippen molar-refractivity contribution in [3.8, 4) is 0 Å². The van der Waals surface area contributed by atoms with E-state index in [-0.39, 0.29) is 23.5 Å². The Morgan fingerprint density at radius 3 is 2.64 bits per heavy atom. The van der Waals surface area contributed by atoms with Gasteiger partial charge in [0.1, 0.15) is 0 Å². The van der Waals surface area contributed by atoms with E-state index in [1.807, 2.05) is 6.92 Å². The topological polar surface area (TPSA) is 55.8 Å². The molecule has 22 heavy (non-hydrogen) atoms. The molecule has 2 fully saturated rings. The lowest BCUT2D eigenvalue weighted by Crippen LogP contribution is -2.45. The summed E-state index contributed by atoms with van der Waals surface area (Å²) >= 11 is 0. The lowest BCUT2D eigenvalue weighted by Gasteiger charge is -2.42. The molecule has 0 atom stereocenters. The molecule has 0 aromatic rings. The van der Waals surface area contributed by atoms with Gasteiger partial charge in [0, 0.05) is 19.2 Å². The number of carbonyl (C=O) groups is 2. The van der Waals surface area contributed by atoms with Crippen LogP contribution >= 0.6 is 0 Å². The van der Waals surface area contributed by atoms with E-state index < -0.39 is 0 Å². The summed E-state index contributed by atoms with van der Waals surface area (Å²) in [7, 11) is 0. The van der Waals surface area contributed by atoms with Crippen molar-refractivity contribution < 1.29 is 19.1 Å². The number of ether oxygens (including phenoxy) is 2. The highest BCUT2D eigenvalue weighted by molar-refractivity contribution is 5.86. The van der Waals surface area contributed by atoms with Gasteiger partial charge in [-0.15, -0.1) is 0 Å². The number of likely N-dealkylation sites (tertiary alicyclic amines) is 1. The van der Waals surface area contributed by atoms with Gasteiger partial charge in [-0.2, -0.15) is 0 Å². The summed E-state index contributed by atoms with van der Waals surface area (Å²) in [5.41, 5.74) is 0.672. The molecule has 0 aromatic carbocycles. The summed E-state index contributed by atoms with van der Waals surface area (Å²) in [6.45, 7) is 3.88. The Kier molecular flexibility index (Phi) is 4.41. The van der Waals surface area contributed by atoms with Crippen LogP contribution in [-0.4, -0.2) is 42.1 Å². The number of carbonyl (C=O) groups excluding carboxylic acids is 2. The largest absolute Gasteiger partial charge is 0.466 e. The molecule has 0 bridgehead atoms. The number of piperidine rings is 1. The van der Waals surface area contributed by atoms with Crippen molar-refractivity contribution in [1.82, 2.24) is 4.90 Å². The minimum atomic E-state index is -0.383. The lowest BCUT2D eigenvalue weighted by molar-refractivity contribution is -0.150. The van der Waals surface area contributed by atoms with Crippen LogP contribution in [-0.2, 0) is 19.1 Å². The first-order valence-electron chi connectivity index (χ1n) is 8.51. The highest BCUT2D eigenvalue weighted by Crippen LogP contribution is 2.43. The summed E-state index contributed by atoms with van der Waals surface area (Å²) in [6.07, 6.45) is 8.58.